The van der Waals surface area contributed by atoms with Gasteiger partial charge in [0.15, 0.2) is 9.84 Å². The molecule has 0 aliphatic carbocycles. The number of nitrogens with one attached hydrogen (secondary N) is 1. The van der Waals surface area contributed by atoms with Crippen molar-refractivity contribution in [3.63, 3.8) is 0 Å². The predicted molar refractivity (Wildman–Crippen MR) is 63.3 cm³/mol. The van der Waals surface area contributed by atoms with Gasteiger partial charge >= 0.3 is 0 Å². The lowest BCUT2D eigenvalue weighted by molar-refractivity contribution is 0.144. The topological polar surface area (TPSA) is 84.2 Å². The highest BCUT2D eigenvalue weighted by molar-refractivity contribution is 7.91. The number of aliphatic hydroxyl groups is 1. The maximum absolute atomic E-state index is 11.2. The van der Waals surface area contributed by atoms with Crippen molar-refractivity contribution >= 4 is 9.84 Å². The summed E-state index contributed by atoms with van der Waals surface area (Å²) < 4.78 is 24.1. The molecular weight excluding hydrogens is 242 g/mol. The van der Waals surface area contributed by atoms with Gasteiger partial charge in [0.1, 0.15) is 0 Å². The van der Waals surface area contributed by atoms with Crippen molar-refractivity contribution in [1.29, 1.82) is 0 Å². The van der Waals surface area contributed by atoms with Crippen LogP contribution in [-0.2, 0) is 16.4 Å². The third-order valence-corrected chi connectivity index (χ3v) is 4.60. The molecule has 7 heteroatoms. The van der Waals surface area contributed by atoms with Crippen molar-refractivity contribution in [3.8, 4) is 0 Å². The Labute approximate surface area is 101 Å². The van der Waals surface area contributed by atoms with Crippen LogP contribution in [0.3, 0.4) is 0 Å². The Morgan fingerprint density at radius 1 is 1.59 bits per heavy atom. The number of hydrogen-bond acceptors (Lipinski definition) is 5. The van der Waals surface area contributed by atoms with Gasteiger partial charge in [-0.15, -0.1) is 0 Å². The second-order valence-corrected chi connectivity index (χ2v) is 6.62. The molecule has 6 nitrogen and oxygen atoms in total. The van der Waals surface area contributed by atoms with Crippen LogP contribution >= 0.6 is 0 Å². The first-order valence-corrected chi connectivity index (χ1v) is 7.46. The van der Waals surface area contributed by atoms with Gasteiger partial charge in [-0.2, -0.15) is 5.10 Å². The monoisotopic (exact) mass is 259 g/mol. The lowest BCUT2D eigenvalue weighted by Crippen LogP contribution is -2.38. The van der Waals surface area contributed by atoms with E-state index in [-0.39, 0.29) is 17.5 Å². The Kier molecular flexibility index (Phi) is 3.80. The molecule has 2 rings (SSSR count). The summed E-state index contributed by atoms with van der Waals surface area (Å²) in [7, 11) is -2.85. The first-order chi connectivity index (χ1) is 8.05. The van der Waals surface area contributed by atoms with Gasteiger partial charge in [-0.05, 0) is 12.5 Å². The van der Waals surface area contributed by atoms with E-state index in [1.54, 1.807) is 23.1 Å². The summed E-state index contributed by atoms with van der Waals surface area (Å²) in [6.45, 7) is 0.805. The maximum Gasteiger partial charge on any atom is 0.151 e. The lowest BCUT2D eigenvalue weighted by atomic mass is 10.2. The molecule has 1 saturated heterocycles. The number of aliphatic hydroxyl groups excluding tert-OH is 1. The molecule has 17 heavy (non-hydrogen) atoms. The number of rotatable bonds is 5. The first-order valence-electron chi connectivity index (χ1n) is 5.64. The van der Waals surface area contributed by atoms with E-state index in [1.165, 1.54) is 0 Å². The molecule has 0 saturated carbocycles. The third kappa shape index (κ3) is 3.79. The average molecular weight is 259 g/mol. The maximum atomic E-state index is 11.2. The molecule has 2 heterocycles. The lowest BCUT2D eigenvalue weighted by Gasteiger charge is -2.15. The number of aromatic nitrogens is 2. The van der Waals surface area contributed by atoms with E-state index in [4.69, 9.17) is 0 Å². The third-order valence-electron chi connectivity index (χ3n) is 2.83. The van der Waals surface area contributed by atoms with Crippen LogP contribution in [0.2, 0.25) is 0 Å². The van der Waals surface area contributed by atoms with E-state index in [9.17, 15) is 13.5 Å². The molecule has 2 atom stereocenters. The van der Waals surface area contributed by atoms with E-state index >= 15 is 0 Å². The Balaban J connectivity index is 1.72. The van der Waals surface area contributed by atoms with E-state index in [0.29, 0.717) is 19.5 Å². The molecule has 0 bridgehead atoms. The summed E-state index contributed by atoms with van der Waals surface area (Å²) in [5.74, 6) is 0.432. The highest BCUT2D eigenvalue weighted by atomic mass is 32.2. The fourth-order valence-corrected chi connectivity index (χ4v) is 3.66. The molecule has 1 aromatic rings. The number of hydrogen-bond donors (Lipinski definition) is 2. The zero-order valence-corrected chi connectivity index (χ0v) is 10.3. The molecule has 0 spiro atoms. The fourth-order valence-electron chi connectivity index (χ4n) is 1.95. The van der Waals surface area contributed by atoms with Crippen molar-refractivity contribution in [1.82, 2.24) is 15.1 Å². The van der Waals surface area contributed by atoms with Gasteiger partial charge in [0.05, 0.1) is 24.2 Å². The van der Waals surface area contributed by atoms with Gasteiger partial charge in [-0.1, -0.05) is 0 Å². The van der Waals surface area contributed by atoms with Crippen LogP contribution in [0.4, 0.5) is 0 Å². The molecule has 2 N–H and O–H groups in total. The largest absolute Gasteiger partial charge is 0.390 e. The molecule has 0 aromatic carbocycles. The molecule has 1 aromatic heterocycles. The summed E-state index contributed by atoms with van der Waals surface area (Å²) >= 11 is 0. The quantitative estimate of drug-likeness (QED) is 0.710. The fraction of sp³-hybridized carbons (Fsp3) is 0.700. The van der Waals surface area contributed by atoms with Crippen LogP contribution in [0.25, 0.3) is 0 Å². The molecule has 1 aliphatic heterocycles. The Morgan fingerprint density at radius 2 is 2.41 bits per heavy atom. The summed E-state index contributed by atoms with van der Waals surface area (Å²) in [6, 6.07) is 1.77. The van der Waals surface area contributed by atoms with Gasteiger partial charge in [-0.3, -0.25) is 4.68 Å². The molecule has 0 radical (unpaired) electrons. The zero-order valence-electron chi connectivity index (χ0n) is 9.49. The second kappa shape index (κ2) is 5.16. The normalized spacial score (nSPS) is 24.9. The molecular formula is C10H17N3O3S. The summed E-state index contributed by atoms with van der Waals surface area (Å²) in [6.07, 6.45) is 3.52. The van der Waals surface area contributed by atoms with Crippen LogP contribution in [0.1, 0.15) is 6.42 Å². The summed E-state index contributed by atoms with van der Waals surface area (Å²) in [4.78, 5) is 0. The number of nitrogens with zero attached hydrogens (tertiary/aromatic N) is 2. The van der Waals surface area contributed by atoms with Gasteiger partial charge in [0, 0.05) is 25.0 Å². The van der Waals surface area contributed by atoms with Crippen LogP contribution in [0.5, 0.6) is 0 Å². The van der Waals surface area contributed by atoms with Crippen molar-refractivity contribution in [2.24, 2.45) is 0 Å². The van der Waals surface area contributed by atoms with Crippen LogP contribution in [0.15, 0.2) is 18.5 Å². The summed E-state index contributed by atoms with van der Waals surface area (Å²) in [5, 5.41) is 16.8. The van der Waals surface area contributed by atoms with E-state index in [0.717, 1.165) is 0 Å². The highest BCUT2D eigenvalue weighted by Crippen LogP contribution is 2.11. The van der Waals surface area contributed by atoms with Crippen molar-refractivity contribution in [3.05, 3.63) is 18.5 Å². The Hall–Kier alpha value is -0.920. The van der Waals surface area contributed by atoms with Crippen LogP contribution < -0.4 is 5.32 Å². The smallest absolute Gasteiger partial charge is 0.151 e. The Bertz CT molecular complexity index is 443. The molecule has 1 fully saturated rings. The minimum Gasteiger partial charge on any atom is -0.390 e. The SMILES string of the molecule is O=S1(=O)CCC(NCC(O)Cn2cccn2)C1. The van der Waals surface area contributed by atoms with Gasteiger partial charge in [0.2, 0.25) is 0 Å². The van der Waals surface area contributed by atoms with Crippen molar-refractivity contribution in [2.75, 3.05) is 18.1 Å². The van der Waals surface area contributed by atoms with Crippen LogP contribution in [-0.4, -0.2) is 53.5 Å². The predicted octanol–water partition coefficient (Wildman–Crippen LogP) is -0.979. The van der Waals surface area contributed by atoms with E-state index in [1.807, 2.05) is 0 Å². The molecule has 2 unspecified atom stereocenters. The molecule has 1 aliphatic rings. The van der Waals surface area contributed by atoms with Gasteiger partial charge in [0.25, 0.3) is 0 Å². The first kappa shape index (κ1) is 12.5. The minimum absolute atomic E-state index is 0.0210. The average Bonchev–Trinajstić information content (AvgIpc) is 2.85. The van der Waals surface area contributed by atoms with Gasteiger partial charge in [-0.25, -0.2) is 8.42 Å². The molecule has 96 valence electrons. The van der Waals surface area contributed by atoms with Gasteiger partial charge < -0.3 is 10.4 Å². The highest BCUT2D eigenvalue weighted by Gasteiger charge is 2.27. The van der Waals surface area contributed by atoms with E-state index < -0.39 is 15.9 Å². The van der Waals surface area contributed by atoms with Crippen LogP contribution in [0, 0.1) is 0 Å². The minimum atomic E-state index is -2.85. The zero-order chi connectivity index (χ0) is 12.3. The Morgan fingerprint density at radius 3 is 3.00 bits per heavy atom. The van der Waals surface area contributed by atoms with Crippen molar-refractivity contribution < 1.29 is 13.5 Å². The second-order valence-electron chi connectivity index (χ2n) is 4.39. The summed E-state index contributed by atoms with van der Waals surface area (Å²) in [5.41, 5.74) is 0. The molecule has 0 amide bonds. The van der Waals surface area contributed by atoms with E-state index in [2.05, 4.69) is 10.4 Å². The standard InChI is InChI=1S/C10H17N3O3S/c14-10(7-13-4-1-3-12-13)6-11-9-2-5-17(15,16)8-9/h1,3-4,9-11,14H,2,5-8H2. The number of sulfone groups is 1. The van der Waals surface area contributed by atoms with Crippen molar-refractivity contribution in [2.45, 2.75) is 25.1 Å².